The normalized spacial score (nSPS) is 10.8. The smallest absolute Gasteiger partial charge is 0.249 e. The van der Waals surface area contributed by atoms with E-state index in [9.17, 15) is 9.59 Å². The van der Waals surface area contributed by atoms with Crippen molar-refractivity contribution in [1.82, 2.24) is 14.4 Å². The Morgan fingerprint density at radius 3 is 2.43 bits per heavy atom. The molecule has 0 atom stereocenters. The third kappa shape index (κ3) is 7.52. The molecule has 0 spiro atoms. The van der Waals surface area contributed by atoms with Crippen molar-refractivity contribution < 1.29 is 14.3 Å². The summed E-state index contributed by atoms with van der Waals surface area (Å²) < 4.78 is 7.57. The molecule has 1 heterocycles. The van der Waals surface area contributed by atoms with E-state index in [1.807, 2.05) is 65.2 Å². The Hall–Kier alpha value is -2.86. The molecule has 2 amide bonds. The number of ether oxygens (including phenoxy) is 1. The lowest BCUT2D eigenvalue weighted by Crippen LogP contribution is -2.45. The minimum Gasteiger partial charge on any atom is -0.367 e. The predicted molar refractivity (Wildman–Crippen MR) is 119 cm³/mol. The topological polar surface area (TPSA) is 54.8 Å². The van der Waals surface area contributed by atoms with Gasteiger partial charge in [0.05, 0.1) is 13.2 Å². The van der Waals surface area contributed by atoms with E-state index in [2.05, 4.69) is 20.4 Å². The van der Waals surface area contributed by atoms with Gasteiger partial charge in [0.25, 0.3) is 0 Å². The Bertz CT molecular complexity index is 814. The Labute approximate surface area is 179 Å². The number of hydrogen-bond donors (Lipinski definition) is 0. The van der Waals surface area contributed by atoms with Gasteiger partial charge < -0.3 is 19.1 Å². The summed E-state index contributed by atoms with van der Waals surface area (Å²) in [7, 11) is 1.96. The van der Waals surface area contributed by atoms with Gasteiger partial charge in [-0.1, -0.05) is 50.3 Å². The number of amides is 2. The van der Waals surface area contributed by atoms with Crippen molar-refractivity contribution in [3.63, 3.8) is 0 Å². The molecule has 0 N–H and O–H groups in total. The molecule has 0 fully saturated rings. The van der Waals surface area contributed by atoms with Gasteiger partial charge in [0.1, 0.15) is 13.2 Å². The minimum absolute atomic E-state index is 0.0106. The second-order valence-electron chi connectivity index (χ2n) is 7.82. The molecule has 0 aliphatic rings. The van der Waals surface area contributed by atoms with Crippen molar-refractivity contribution in [3.8, 4) is 0 Å². The van der Waals surface area contributed by atoms with Crippen molar-refractivity contribution in [1.29, 1.82) is 0 Å². The monoisotopic (exact) mass is 411 g/mol. The molecule has 0 radical (unpaired) electrons. The molecule has 0 aliphatic heterocycles. The maximum absolute atomic E-state index is 13.0. The Morgan fingerprint density at radius 1 is 1.10 bits per heavy atom. The highest BCUT2D eigenvalue weighted by atomic mass is 16.5. The number of aryl methyl sites for hydroxylation is 1. The molecule has 0 bridgehead atoms. The van der Waals surface area contributed by atoms with E-state index >= 15 is 0 Å². The van der Waals surface area contributed by atoms with Gasteiger partial charge in [-0.3, -0.25) is 9.59 Å². The van der Waals surface area contributed by atoms with E-state index in [4.69, 9.17) is 4.74 Å². The van der Waals surface area contributed by atoms with Crippen molar-refractivity contribution >= 4 is 11.8 Å². The molecule has 2 rings (SSSR count). The highest BCUT2D eigenvalue weighted by molar-refractivity contribution is 5.85. The first-order valence-corrected chi connectivity index (χ1v) is 10.3. The summed E-state index contributed by atoms with van der Waals surface area (Å²) in [5.41, 5.74) is 2.05. The number of benzene rings is 1. The fourth-order valence-corrected chi connectivity index (χ4v) is 3.15. The zero-order valence-corrected chi connectivity index (χ0v) is 18.3. The van der Waals surface area contributed by atoms with Crippen LogP contribution < -0.4 is 0 Å². The maximum Gasteiger partial charge on any atom is 0.249 e. The summed E-state index contributed by atoms with van der Waals surface area (Å²) in [4.78, 5) is 29.0. The van der Waals surface area contributed by atoms with Crippen LogP contribution in [0.2, 0.25) is 0 Å². The van der Waals surface area contributed by atoms with Crippen LogP contribution in [0.15, 0.2) is 61.3 Å². The first kappa shape index (κ1) is 23.4. The van der Waals surface area contributed by atoms with Crippen LogP contribution in [0.4, 0.5) is 0 Å². The van der Waals surface area contributed by atoms with Crippen LogP contribution in [0, 0.1) is 5.92 Å². The first-order chi connectivity index (χ1) is 14.4. The molecule has 0 aliphatic carbocycles. The zero-order chi connectivity index (χ0) is 21.9. The summed E-state index contributed by atoms with van der Waals surface area (Å²) in [5.74, 6) is 0.0256. The lowest BCUT2D eigenvalue weighted by molar-refractivity contribution is -0.143. The van der Waals surface area contributed by atoms with Crippen LogP contribution in [0.1, 0.15) is 25.1 Å². The van der Waals surface area contributed by atoms with E-state index < -0.39 is 0 Å². The van der Waals surface area contributed by atoms with E-state index in [0.29, 0.717) is 32.2 Å². The van der Waals surface area contributed by atoms with Crippen molar-refractivity contribution in [2.45, 2.75) is 27.0 Å². The third-order valence-corrected chi connectivity index (χ3v) is 4.71. The van der Waals surface area contributed by atoms with E-state index in [1.165, 1.54) is 4.90 Å². The highest BCUT2D eigenvalue weighted by Crippen LogP contribution is 2.10. The van der Waals surface area contributed by atoms with Crippen LogP contribution >= 0.6 is 0 Å². The Kier molecular flexibility index (Phi) is 9.35. The lowest BCUT2D eigenvalue weighted by Gasteiger charge is -2.28. The summed E-state index contributed by atoms with van der Waals surface area (Å²) in [6.45, 7) is 9.62. The zero-order valence-electron chi connectivity index (χ0n) is 18.3. The van der Waals surface area contributed by atoms with Gasteiger partial charge in [0.2, 0.25) is 11.8 Å². The number of carbonyl (C=O) groups excluding carboxylic acids is 2. The van der Waals surface area contributed by atoms with Crippen LogP contribution in [0.5, 0.6) is 0 Å². The van der Waals surface area contributed by atoms with E-state index in [-0.39, 0.29) is 25.0 Å². The molecule has 1 aromatic heterocycles. The predicted octanol–water partition coefficient (Wildman–Crippen LogP) is 3.24. The minimum atomic E-state index is -0.220. The summed E-state index contributed by atoms with van der Waals surface area (Å²) in [6, 6.07) is 13.7. The molecule has 6 heteroatoms. The molecule has 0 saturated heterocycles. The van der Waals surface area contributed by atoms with Crippen LogP contribution in [0.3, 0.4) is 0 Å². The fourth-order valence-electron chi connectivity index (χ4n) is 3.15. The average Bonchev–Trinajstić information content (AvgIpc) is 3.12. The Morgan fingerprint density at radius 2 is 1.83 bits per heavy atom. The largest absolute Gasteiger partial charge is 0.367 e. The molecule has 0 saturated carbocycles. The summed E-state index contributed by atoms with van der Waals surface area (Å²) in [6.07, 6.45) is 3.59. The van der Waals surface area contributed by atoms with Gasteiger partial charge in [-0.25, -0.2) is 0 Å². The van der Waals surface area contributed by atoms with Crippen LogP contribution in [0.25, 0.3) is 0 Å². The molecule has 162 valence electrons. The molecule has 1 aromatic carbocycles. The van der Waals surface area contributed by atoms with Gasteiger partial charge in [0, 0.05) is 32.0 Å². The molecule has 30 heavy (non-hydrogen) atoms. The molecule has 2 aromatic rings. The fraction of sp³-hybridized carbons (Fsp3) is 0.417. The first-order valence-electron chi connectivity index (χ1n) is 10.3. The van der Waals surface area contributed by atoms with Crippen LogP contribution in [-0.4, -0.2) is 52.4 Å². The standard InChI is InChI=1S/C24H33N3O3/c1-5-13-26(24(29)19-30-18-21-10-7-6-8-11-21)17-23(28)27(15-20(2)3)16-22-12-9-14-25(22)4/h5-12,14,20H,1,13,15-19H2,2-4H3. The molecular formula is C24H33N3O3. The maximum atomic E-state index is 13.0. The lowest BCUT2D eigenvalue weighted by atomic mass is 10.2. The van der Waals surface area contributed by atoms with Crippen molar-refractivity contribution in [2.24, 2.45) is 13.0 Å². The number of rotatable bonds is 12. The molecular weight excluding hydrogens is 378 g/mol. The molecule has 6 nitrogen and oxygen atoms in total. The van der Waals surface area contributed by atoms with Gasteiger partial charge in [-0.05, 0) is 23.6 Å². The van der Waals surface area contributed by atoms with Gasteiger partial charge in [0.15, 0.2) is 0 Å². The van der Waals surface area contributed by atoms with Crippen molar-refractivity contribution in [3.05, 3.63) is 72.6 Å². The van der Waals surface area contributed by atoms with E-state index in [0.717, 1.165) is 11.3 Å². The number of carbonyl (C=O) groups is 2. The number of nitrogens with zero attached hydrogens (tertiary/aromatic N) is 3. The quantitative estimate of drug-likeness (QED) is 0.504. The summed E-state index contributed by atoms with van der Waals surface area (Å²) >= 11 is 0. The van der Waals surface area contributed by atoms with Gasteiger partial charge >= 0.3 is 0 Å². The number of hydrogen-bond acceptors (Lipinski definition) is 3. The average molecular weight is 412 g/mol. The third-order valence-electron chi connectivity index (χ3n) is 4.71. The molecule has 0 unspecified atom stereocenters. The highest BCUT2D eigenvalue weighted by Gasteiger charge is 2.22. The second-order valence-corrected chi connectivity index (χ2v) is 7.82. The van der Waals surface area contributed by atoms with Gasteiger partial charge in [-0.2, -0.15) is 0 Å². The Balaban J connectivity index is 1.97. The number of aromatic nitrogens is 1. The van der Waals surface area contributed by atoms with Gasteiger partial charge in [-0.15, -0.1) is 6.58 Å². The second kappa shape index (κ2) is 12.0. The SMILES string of the molecule is C=CCN(CC(=O)N(Cc1cccn1C)CC(C)C)C(=O)COCc1ccccc1. The van der Waals surface area contributed by atoms with E-state index in [1.54, 1.807) is 6.08 Å². The summed E-state index contributed by atoms with van der Waals surface area (Å²) in [5, 5.41) is 0. The van der Waals surface area contributed by atoms with Crippen LogP contribution in [-0.2, 0) is 34.5 Å². The van der Waals surface area contributed by atoms with Crippen molar-refractivity contribution in [2.75, 3.05) is 26.2 Å².